The van der Waals surface area contributed by atoms with Gasteiger partial charge in [0.2, 0.25) is 5.82 Å². The van der Waals surface area contributed by atoms with Crippen LogP contribution in [0.5, 0.6) is 0 Å². The van der Waals surface area contributed by atoms with E-state index in [1.807, 2.05) is 12.1 Å². The third-order valence-corrected chi connectivity index (χ3v) is 3.07. The van der Waals surface area contributed by atoms with Gasteiger partial charge in [-0.05, 0) is 31.4 Å². The number of hydrogen-bond donors (Lipinski definition) is 2. The summed E-state index contributed by atoms with van der Waals surface area (Å²) < 4.78 is 0.618. The fourth-order valence-electron chi connectivity index (χ4n) is 1.94. The summed E-state index contributed by atoms with van der Waals surface area (Å²) in [5.74, 6) is 0.606. The third-order valence-electron chi connectivity index (χ3n) is 3.07. The van der Waals surface area contributed by atoms with Gasteiger partial charge in [-0.2, -0.15) is 0 Å². The molecule has 0 saturated carbocycles. The van der Waals surface area contributed by atoms with Gasteiger partial charge in [0.1, 0.15) is 0 Å². The summed E-state index contributed by atoms with van der Waals surface area (Å²) in [5, 5.41) is 14.5. The van der Waals surface area contributed by atoms with E-state index in [0.29, 0.717) is 16.2 Å². The molecule has 5 heteroatoms. The molecule has 3 N–H and O–H groups in total. The maximum absolute atomic E-state index is 11.4. The Hall–Kier alpha value is -2.30. The fraction of sp³-hybridized carbons (Fsp3) is 0.286. The van der Waals surface area contributed by atoms with E-state index in [2.05, 4.69) is 29.4 Å². The molecule has 0 spiro atoms. The number of nitrogens with zero attached hydrogens (tertiary/aromatic N) is 2. The lowest BCUT2D eigenvalue weighted by Gasteiger charge is -2.11. The molecule has 0 fully saturated rings. The molecule has 0 aliphatic carbocycles. The van der Waals surface area contributed by atoms with Gasteiger partial charge in [-0.15, -0.1) is 0 Å². The number of aromatic nitrogens is 2. The molecule has 0 amide bonds. The normalized spacial score (nSPS) is 10.4. The second-order valence-corrected chi connectivity index (χ2v) is 4.54. The molecule has 1 aromatic carbocycles. The lowest BCUT2D eigenvalue weighted by molar-refractivity contribution is -0.599. The molecule has 0 aliphatic rings. The van der Waals surface area contributed by atoms with Crippen LogP contribution in [-0.2, 0) is 6.42 Å². The maximum Gasteiger partial charge on any atom is 0.392 e. The number of hydrogen-bond acceptors (Lipinski definition) is 4. The van der Waals surface area contributed by atoms with Crippen molar-refractivity contribution in [2.24, 2.45) is 0 Å². The van der Waals surface area contributed by atoms with Crippen molar-refractivity contribution >= 4 is 11.8 Å². The Balaban J connectivity index is 1.98. The molecule has 100 valence electrons. The number of nitrogens with one attached hydrogen (secondary N) is 1. The zero-order chi connectivity index (χ0) is 13.8. The van der Waals surface area contributed by atoms with E-state index in [1.165, 1.54) is 11.1 Å². The molecule has 0 bridgehead atoms. The van der Waals surface area contributed by atoms with Crippen molar-refractivity contribution in [2.45, 2.75) is 20.3 Å². The quantitative estimate of drug-likeness (QED) is 0.644. The van der Waals surface area contributed by atoms with Crippen LogP contribution < -0.4 is 15.8 Å². The van der Waals surface area contributed by atoms with Crippen LogP contribution in [-0.4, -0.2) is 11.5 Å². The SMILES string of the molecule is Cc1ccccc1CCNc1cc(C)[n+]([O-])c(N)n1. The number of benzene rings is 1. The van der Waals surface area contributed by atoms with Crippen LogP contribution in [0.3, 0.4) is 0 Å². The van der Waals surface area contributed by atoms with Crippen LogP contribution in [0.15, 0.2) is 30.3 Å². The Bertz CT molecular complexity index is 560. The van der Waals surface area contributed by atoms with Crippen LogP contribution in [0.2, 0.25) is 0 Å². The molecule has 1 heterocycles. The first-order valence-corrected chi connectivity index (χ1v) is 6.23. The van der Waals surface area contributed by atoms with Gasteiger partial charge in [-0.25, -0.2) is 4.73 Å². The minimum Gasteiger partial charge on any atom is -0.740 e. The Morgan fingerprint density at radius 1 is 1.32 bits per heavy atom. The van der Waals surface area contributed by atoms with Gasteiger partial charge in [-0.1, -0.05) is 29.2 Å². The number of aryl methyl sites for hydroxylation is 2. The van der Waals surface area contributed by atoms with E-state index in [9.17, 15) is 5.21 Å². The summed E-state index contributed by atoms with van der Waals surface area (Å²) >= 11 is 0. The minimum absolute atomic E-state index is 0.0293. The van der Waals surface area contributed by atoms with E-state index >= 15 is 0 Å². The molecule has 0 saturated heterocycles. The Kier molecular flexibility index (Phi) is 3.85. The summed E-state index contributed by atoms with van der Waals surface area (Å²) in [5.41, 5.74) is 8.64. The molecule has 1 aromatic heterocycles. The molecular weight excluding hydrogens is 240 g/mol. The van der Waals surface area contributed by atoms with Crippen molar-refractivity contribution in [3.63, 3.8) is 0 Å². The zero-order valence-corrected chi connectivity index (χ0v) is 11.2. The van der Waals surface area contributed by atoms with Crippen LogP contribution >= 0.6 is 0 Å². The standard InChI is InChI=1S/C14H18N4O/c1-10-5-3-4-6-12(10)7-8-16-13-9-11(2)18(19)14(15)17-13/h3-6,9H,7-8H2,1-2H3,(H3,15,16,17). The molecule has 0 aliphatic heterocycles. The van der Waals surface area contributed by atoms with Gasteiger partial charge in [0, 0.05) is 12.6 Å². The van der Waals surface area contributed by atoms with Crippen LogP contribution in [0.25, 0.3) is 0 Å². The highest BCUT2D eigenvalue weighted by molar-refractivity contribution is 5.38. The van der Waals surface area contributed by atoms with Gasteiger partial charge in [0.25, 0.3) is 0 Å². The van der Waals surface area contributed by atoms with Crippen molar-refractivity contribution in [3.05, 3.63) is 52.4 Å². The van der Waals surface area contributed by atoms with E-state index in [1.54, 1.807) is 13.0 Å². The van der Waals surface area contributed by atoms with Crippen LogP contribution in [0.4, 0.5) is 11.8 Å². The van der Waals surface area contributed by atoms with E-state index in [0.717, 1.165) is 13.0 Å². The highest BCUT2D eigenvalue weighted by Crippen LogP contribution is 2.09. The highest BCUT2D eigenvalue weighted by Gasteiger charge is 2.07. The number of nitrogen functional groups attached to an aromatic ring is 1. The number of anilines is 2. The molecule has 0 atom stereocenters. The number of rotatable bonds is 4. The van der Waals surface area contributed by atoms with Crippen molar-refractivity contribution in [3.8, 4) is 0 Å². The zero-order valence-electron chi connectivity index (χ0n) is 11.2. The molecule has 0 unspecified atom stereocenters. The predicted octanol–water partition coefficient (Wildman–Crippen LogP) is 1.57. The second-order valence-electron chi connectivity index (χ2n) is 4.54. The van der Waals surface area contributed by atoms with Crippen molar-refractivity contribution < 1.29 is 4.73 Å². The molecule has 5 nitrogen and oxygen atoms in total. The summed E-state index contributed by atoms with van der Waals surface area (Å²) in [6, 6.07) is 9.97. The van der Waals surface area contributed by atoms with E-state index in [-0.39, 0.29) is 5.95 Å². The Morgan fingerprint density at radius 3 is 2.74 bits per heavy atom. The van der Waals surface area contributed by atoms with Crippen LogP contribution in [0.1, 0.15) is 16.8 Å². The van der Waals surface area contributed by atoms with Gasteiger partial charge in [0.15, 0.2) is 0 Å². The first kappa shape index (κ1) is 13.1. The van der Waals surface area contributed by atoms with Gasteiger partial charge < -0.3 is 10.5 Å². The van der Waals surface area contributed by atoms with Crippen molar-refractivity contribution in [2.75, 3.05) is 17.6 Å². The summed E-state index contributed by atoms with van der Waals surface area (Å²) in [4.78, 5) is 4.00. The Labute approximate surface area is 112 Å². The monoisotopic (exact) mass is 258 g/mol. The third kappa shape index (κ3) is 3.13. The smallest absolute Gasteiger partial charge is 0.392 e. The molecular formula is C14H18N4O. The lowest BCUT2D eigenvalue weighted by Crippen LogP contribution is -2.35. The average Bonchev–Trinajstić information content (AvgIpc) is 2.38. The largest absolute Gasteiger partial charge is 0.740 e. The maximum atomic E-state index is 11.4. The molecule has 0 radical (unpaired) electrons. The lowest BCUT2D eigenvalue weighted by atomic mass is 10.1. The van der Waals surface area contributed by atoms with Gasteiger partial charge in [-0.3, -0.25) is 5.73 Å². The summed E-state index contributed by atoms with van der Waals surface area (Å²) in [7, 11) is 0. The predicted molar refractivity (Wildman–Crippen MR) is 75.7 cm³/mol. The van der Waals surface area contributed by atoms with Crippen LogP contribution in [0, 0.1) is 19.1 Å². The first-order chi connectivity index (χ1) is 9.08. The first-order valence-electron chi connectivity index (χ1n) is 6.23. The second kappa shape index (κ2) is 5.56. The Morgan fingerprint density at radius 2 is 2.05 bits per heavy atom. The van der Waals surface area contributed by atoms with E-state index < -0.39 is 0 Å². The molecule has 2 aromatic rings. The summed E-state index contributed by atoms with van der Waals surface area (Å²) in [6.45, 7) is 4.55. The fourth-order valence-corrected chi connectivity index (χ4v) is 1.94. The van der Waals surface area contributed by atoms with Gasteiger partial charge >= 0.3 is 5.95 Å². The molecule has 19 heavy (non-hydrogen) atoms. The molecule has 2 rings (SSSR count). The van der Waals surface area contributed by atoms with Gasteiger partial charge in [0.05, 0.1) is 5.69 Å². The number of nitrogens with two attached hydrogens (primary N) is 1. The van der Waals surface area contributed by atoms with Crippen molar-refractivity contribution in [1.29, 1.82) is 0 Å². The summed E-state index contributed by atoms with van der Waals surface area (Å²) in [6.07, 6.45) is 0.902. The van der Waals surface area contributed by atoms with Crippen molar-refractivity contribution in [1.82, 2.24) is 4.98 Å². The topological polar surface area (TPSA) is 77.9 Å². The van der Waals surface area contributed by atoms with E-state index in [4.69, 9.17) is 5.73 Å². The highest BCUT2D eigenvalue weighted by atomic mass is 16.5. The average molecular weight is 258 g/mol. The minimum atomic E-state index is -0.0293.